The lowest BCUT2D eigenvalue weighted by Crippen LogP contribution is -2.27. The van der Waals surface area contributed by atoms with E-state index >= 15 is 0 Å². The van der Waals surface area contributed by atoms with E-state index in [9.17, 15) is 9.46 Å². The fourth-order valence-corrected chi connectivity index (χ4v) is 3.29. The Labute approximate surface area is 131 Å². The predicted molar refractivity (Wildman–Crippen MR) is 90.8 cm³/mol. The zero-order valence-electron chi connectivity index (χ0n) is 14.3. The molecular weight excluding hydrogens is 285 g/mol. The lowest BCUT2D eigenvalue weighted by molar-refractivity contribution is 0.260. The van der Waals surface area contributed by atoms with Crippen LogP contribution in [0, 0.1) is 0 Å². The van der Waals surface area contributed by atoms with Gasteiger partial charge in [0.1, 0.15) is 5.78 Å². The molecule has 5 heteroatoms. The third-order valence-electron chi connectivity index (χ3n) is 3.77. The van der Waals surface area contributed by atoms with Crippen molar-refractivity contribution in [3.63, 3.8) is 0 Å². The largest absolute Gasteiger partial charge is 0.344 e. The van der Waals surface area contributed by atoms with Crippen molar-refractivity contribution in [3.8, 4) is 0 Å². The second-order valence-electron chi connectivity index (χ2n) is 5.79. The summed E-state index contributed by atoms with van der Waals surface area (Å²) in [5.41, 5.74) is 0. The molecule has 0 aliphatic rings. The Kier molecular flexibility index (Phi) is 13.8. The van der Waals surface area contributed by atoms with Gasteiger partial charge >= 0.3 is 7.60 Å². The van der Waals surface area contributed by atoms with Gasteiger partial charge in [-0.15, -0.1) is 0 Å². The Hall–Kier alpha value is 0.110. The van der Waals surface area contributed by atoms with Crippen molar-refractivity contribution in [1.29, 1.82) is 0 Å². The fourth-order valence-electron chi connectivity index (χ4n) is 2.34. The average Bonchev–Trinajstić information content (AvgIpc) is 2.44. The second kappa shape index (κ2) is 13.8. The van der Waals surface area contributed by atoms with E-state index < -0.39 is 13.4 Å². The van der Waals surface area contributed by atoms with E-state index in [0.29, 0.717) is 0 Å². The molecule has 0 saturated heterocycles. The number of unbranched alkanes of at least 4 members (excludes halogenated alkanes) is 9. The van der Waals surface area contributed by atoms with Crippen LogP contribution >= 0.6 is 7.60 Å². The highest BCUT2D eigenvalue weighted by Gasteiger charge is 2.26. The quantitative estimate of drug-likeness (QED) is 0.327. The molecule has 0 bridgehead atoms. The number of rotatable bonds is 15. The molecule has 0 aromatic carbocycles. The molecule has 0 fully saturated rings. The normalized spacial score (nSPS) is 15.8. The van der Waals surface area contributed by atoms with Crippen molar-refractivity contribution < 1.29 is 14.0 Å². The first kappa shape index (κ1) is 21.1. The Bertz CT molecular complexity index is 274. The fraction of sp³-hybridized carbons (Fsp3) is 1.00. The van der Waals surface area contributed by atoms with Crippen LogP contribution in [0.15, 0.2) is 0 Å². The summed E-state index contributed by atoms with van der Waals surface area (Å²) in [7, 11) is -3.47. The minimum Gasteiger partial charge on any atom is -0.323 e. The smallest absolute Gasteiger partial charge is 0.323 e. The van der Waals surface area contributed by atoms with Gasteiger partial charge in [0.05, 0.1) is 6.61 Å². The van der Waals surface area contributed by atoms with Crippen molar-refractivity contribution in [1.82, 2.24) is 5.32 Å². The molecule has 0 rings (SSSR count). The second-order valence-corrected chi connectivity index (χ2v) is 7.96. The van der Waals surface area contributed by atoms with Crippen LogP contribution in [0.1, 0.15) is 85.0 Å². The molecule has 0 aliphatic heterocycles. The van der Waals surface area contributed by atoms with Gasteiger partial charge in [0.2, 0.25) is 0 Å². The third kappa shape index (κ3) is 12.3. The Morgan fingerprint density at radius 3 is 1.90 bits per heavy atom. The van der Waals surface area contributed by atoms with Crippen LogP contribution in [0.25, 0.3) is 0 Å². The molecule has 0 heterocycles. The SMILES string of the molecule is CCCCCCCCCCCCNC(C)P(=O)(O)OCC. The zero-order chi connectivity index (χ0) is 16.0. The maximum absolute atomic E-state index is 11.7. The van der Waals surface area contributed by atoms with E-state index in [4.69, 9.17) is 4.52 Å². The summed E-state index contributed by atoms with van der Waals surface area (Å²) in [5.74, 6) is -0.476. The van der Waals surface area contributed by atoms with Gasteiger partial charge in [0.25, 0.3) is 0 Å². The lowest BCUT2D eigenvalue weighted by atomic mass is 10.1. The molecule has 0 aromatic rings. The third-order valence-corrected chi connectivity index (χ3v) is 5.56. The van der Waals surface area contributed by atoms with Gasteiger partial charge in [0, 0.05) is 0 Å². The van der Waals surface area contributed by atoms with Gasteiger partial charge in [0.15, 0.2) is 0 Å². The van der Waals surface area contributed by atoms with Crippen LogP contribution in [0.5, 0.6) is 0 Å². The van der Waals surface area contributed by atoms with Gasteiger partial charge in [-0.25, -0.2) is 0 Å². The van der Waals surface area contributed by atoms with Crippen LogP contribution in [-0.4, -0.2) is 23.8 Å². The molecule has 0 amide bonds. The average molecular weight is 321 g/mol. The van der Waals surface area contributed by atoms with Crippen molar-refractivity contribution >= 4 is 7.60 Å². The first-order chi connectivity index (χ1) is 10.0. The van der Waals surface area contributed by atoms with Gasteiger partial charge in [-0.1, -0.05) is 64.7 Å². The van der Waals surface area contributed by atoms with E-state index in [1.807, 2.05) is 0 Å². The first-order valence-corrected chi connectivity index (χ1v) is 10.4. The van der Waals surface area contributed by atoms with E-state index in [1.165, 1.54) is 57.8 Å². The van der Waals surface area contributed by atoms with Gasteiger partial charge in [-0.2, -0.15) is 0 Å². The molecule has 0 radical (unpaired) electrons. The van der Waals surface area contributed by atoms with Gasteiger partial charge in [-0.3, -0.25) is 4.57 Å². The molecule has 128 valence electrons. The molecule has 0 spiro atoms. The molecule has 0 aliphatic carbocycles. The minimum absolute atomic E-state index is 0.276. The topological polar surface area (TPSA) is 58.6 Å². The number of hydrogen-bond donors (Lipinski definition) is 2. The summed E-state index contributed by atoms with van der Waals surface area (Å²) >= 11 is 0. The van der Waals surface area contributed by atoms with Gasteiger partial charge in [-0.05, 0) is 26.8 Å². The minimum atomic E-state index is -3.47. The van der Waals surface area contributed by atoms with E-state index in [-0.39, 0.29) is 6.61 Å². The summed E-state index contributed by atoms with van der Waals surface area (Å²) < 4.78 is 16.6. The summed E-state index contributed by atoms with van der Waals surface area (Å²) in [6, 6.07) is 0. The Balaban J connectivity index is 3.34. The Morgan fingerprint density at radius 2 is 1.43 bits per heavy atom. The standard InChI is InChI=1S/C16H36NO3P/c1-4-6-7-8-9-10-11-12-13-14-15-17-16(3)21(18,19)20-5-2/h16-17H,4-15H2,1-3H3,(H,18,19). The van der Waals surface area contributed by atoms with E-state index in [1.54, 1.807) is 13.8 Å². The highest BCUT2D eigenvalue weighted by atomic mass is 31.2. The number of hydrogen-bond acceptors (Lipinski definition) is 3. The zero-order valence-corrected chi connectivity index (χ0v) is 15.2. The monoisotopic (exact) mass is 321 g/mol. The van der Waals surface area contributed by atoms with E-state index in [2.05, 4.69) is 12.2 Å². The molecule has 0 saturated carbocycles. The van der Waals surface area contributed by atoms with Crippen molar-refractivity contribution in [3.05, 3.63) is 0 Å². The summed E-state index contributed by atoms with van der Waals surface area (Å²) in [6.07, 6.45) is 13.0. The predicted octanol–water partition coefficient (Wildman–Crippen LogP) is 5.06. The summed E-state index contributed by atoms with van der Waals surface area (Å²) in [4.78, 5) is 9.62. The molecule has 2 N–H and O–H groups in total. The molecule has 4 nitrogen and oxygen atoms in total. The lowest BCUT2D eigenvalue weighted by Gasteiger charge is -2.19. The molecule has 0 aromatic heterocycles. The highest BCUT2D eigenvalue weighted by Crippen LogP contribution is 2.45. The highest BCUT2D eigenvalue weighted by molar-refractivity contribution is 7.53. The van der Waals surface area contributed by atoms with Crippen LogP contribution in [0.4, 0.5) is 0 Å². The van der Waals surface area contributed by atoms with Crippen LogP contribution in [0.2, 0.25) is 0 Å². The van der Waals surface area contributed by atoms with Crippen molar-refractivity contribution in [2.45, 2.75) is 90.8 Å². The van der Waals surface area contributed by atoms with E-state index in [0.717, 1.165) is 13.0 Å². The first-order valence-electron chi connectivity index (χ1n) is 8.75. The Morgan fingerprint density at radius 1 is 0.952 bits per heavy atom. The molecular formula is C16H36NO3P. The van der Waals surface area contributed by atoms with Gasteiger partial charge < -0.3 is 14.7 Å². The van der Waals surface area contributed by atoms with Crippen LogP contribution in [-0.2, 0) is 9.09 Å². The van der Waals surface area contributed by atoms with Crippen molar-refractivity contribution in [2.24, 2.45) is 0 Å². The molecule has 2 atom stereocenters. The molecule has 2 unspecified atom stereocenters. The maximum Gasteiger partial charge on any atom is 0.344 e. The summed E-state index contributed by atoms with van der Waals surface area (Å²) in [6.45, 7) is 6.76. The summed E-state index contributed by atoms with van der Waals surface area (Å²) in [5, 5.41) is 3.09. The maximum atomic E-state index is 11.7. The van der Waals surface area contributed by atoms with Crippen LogP contribution < -0.4 is 5.32 Å². The van der Waals surface area contributed by atoms with Crippen molar-refractivity contribution in [2.75, 3.05) is 13.2 Å². The molecule has 21 heavy (non-hydrogen) atoms. The van der Waals surface area contributed by atoms with Crippen LogP contribution in [0.3, 0.4) is 0 Å². The number of nitrogens with one attached hydrogen (secondary N) is 1.